The van der Waals surface area contributed by atoms with Gasteiger partial charge in [-0.25, -0.2) is 0 Å². The predicted molar refractivity (Wildman–Crippen MR) is 81.4 cm³/mol. The Balaban J connectivity index is 3.19. The van der Waals surface area contributed by atoms with Gasteiger partial charge in [-0.05, 0) is 19.3 Å². The Morgan fingerprint density at radius 2 is 1.43 bits per heavy atom. The van der Waals surface area contributed by atoms with Crippen molar-refractivity contribution in [1.82, 2.24) is 4.98 Å². The predicted octanol–water partition coefficient (Wildman–Crippen LogP) is 1.13. The van der Waals surface area contributed by atoms with Crippen LogP contribution < -0.4 is 19.8 Å². The molecule has 1 heterocycles. The van der Waals surface area contributed by atoms with Crippen LogP contribution in [-0.2, 0) is 0 Å². The summed E-state index contributed by atoms with van der Waals surface area (Å²) in [4.78, 5) is 4.02. The smallest absolute Gasteiger partial charge is 0.488 e. The van der Waals surface area contributed by atoms with Gasteiger partial charge in [-0.15, -0.1) is 0 Å². The van der Waals surface area contributed by atoms with Gasteiger partial charge in [0.2, 0.25) is 5.75 Å². The highest BCUT2D eigenvalue weighted by molar-refractivity contribution is 6.58. The van der Waals surface area contributed by atoms with Crippen molar-refractivity contribution in [3.63, 3.8) is 0 Å². The topological polar surface area (TPSA) is 81.0 Å². The van der Waals surface area contributed by atoms with Crippen LogP contribution in [0.4, 0.5) is 0 Å². The molecule has 0 radical (unpaired) electrons. The first-order valence-corrected chi connectivity index (χ1v) is 7.43. The lowest BCUT2D eigenvalue weighted by atomic mass is 9.84. The maximum atomic E-state index is 9.44. The van der Waals surface area contributed by atoms with Crippen molar-refractivity contribution in [2.75, 3.05) is 19.8 Å². The van der Waals surface area contributed by atoms with E-state index in [1.54, 1.807) is 0 Å². The summed E-state index contributed by atoms with van der Waals surface area (Å²) in [7, 11) is -1.72. The summed E-state index contributed by atoms with van der Waals surface area (Å²) in [5.41, 5.74) is 0.0402. The van der Waals surface area contributed by atoms with Gasteiger partial charge < -0.3 is 24.3 Å². The van der Waals surface area contributed by atoms with Crippen molar-refractivity contribution in [3.8, 4) is 17.2 Å². The Morgan fingerprint density at radius 3 is 1.95 bits per heavy atom. The van der Waals surface area contributed by atoms with Crippen molar-refractivity contribution in [3.05, 3.63) is 6.20 Å². The Hall–Kier alpha value is -1.47. The number of hydrogen-bond donors (Lipinski definition) is 2. The van der Waals surface area contributed by atoms with Crippen molar-refractivity contribution in [1.29, 1.82) is 0 Å². The molecular weight excluding hydrogens is 273 g/mol. The molecule has 0 spiro atoms. The standard InChI is InChI=1S/C14H24BNO5/c1-4-7-19-11-10-16-14(15(17)18)13(21-9-6-3)12(11)20-8-5-2/h10,17-18H,4-9H2,1-3H3. The monoisotopic (exact) mass is 297 g/mol. The number of ether oxygens (including phenoxy) is 3. The van der Waals surface area contributed by atoms with Crippen LogP contribution in [-0.4, -0.2) is 42.0 Å². The molecule has 118 valence electrons. The van der Waals surface area contributed by atoms with E-state index in [-0.39, 0.29) is 11.3 Å². The first-order chi connectivity index (χ1) is 10.2. The fourth-order valence-electron chi connectivity index (χ4n) is 1.66. The lowest BCUT2D eigenvalue weighted by Gasteiger charge is -2.18. The first kappa shape index (κ1) is 17.6. The van der Waals surface area contributed by atoms with Crippen molar-refractivity contribution < 1.29 is 24.3 Å². The second-order valence-electron chi connectivity index (χ2n) is 4.58. The van der Waals surface area contributed by atoms with E-state index in [9.17, 15) is 10.0 Å². The molecule has 7 heteroatoms. The van der Waals surface area contributed by atoms with Gasteiger partial charge in [-0.3, -0.25) is 4.98 Å². The molecule has 2 N–H and O–H groups in total. The molecule has 0 saturated heterocycles. The summed E-state index contributed by atoms with van der Waals surface area (Å²) < 4.78 is 16.9. The van der Waals surface area contributed by atoms with Crippen LogP contribution in [0.15, 0.2) is 6.20 Å². The van der Waals surface area contributed by atoms with Gasteiger partial charge in [0.05, 0.1) is 26.0 Å². The van der Waals surface area contributed by atoms with Crippen LogP contribution in [0.3, 0.4) is 0 Å². The van der Waals surface area contributed by atoms with Gasteiger partial charge in [-0.2, -0.15) is 0 Å². The van der Waals surface area contributed by atoms with Crippen molar-refractivity contribution in [2.24, 2.45) is 0 Å². The molecule has 0 atom stereocenters. The minimum atomic E-state index is -1.72. The molecule has 0 saturated carbocycles. The molecule has 0 amide bonds. The van der Waals surface area contributed by atoms with Crippen LogP contribution in [0.25, 0.3) is 0 Å². The number of pyridine rings is 1. The minimum Gasteiger partial charge on any atom is -0.488 e. The summed E-state index contributed by atoms with van der Waals surface area (Å²) in [6.45, 7) is 7.39. The average molecular weight is 297 g/mol. The zero-order valence-electron chi connectivity index (χ0n) is 13.0. The van der Waals surface area contributed by atoms with E-state index in [4.69, 9.17) is 14.2 Å². The average Bonchev–Trinajstić information content (AvgIpc) is 2.48. The van der Waals surface area contributed by atoms with E-state index in [0.717, 1.165) is 19.3 Å². The van der Waals surface area contributed by atoms with Gasteiger partial charge >= 0.3 is 7.12 Å². The second-order valence-corrected chi connectivity index (χ2v) is 4.58. The SMILES string of the molecule is CCCOc1cnc(B(O)O)c(OCCC)c1OCCC. The van der Waals surface area contributed by atoms with Gasteiger partial charge in [0, 0.05) is 0 Å². The molecule has 0 bridgehead atoms. The van der Waals surface area contributed by atoms with Gasteiger partial charge in [0.1, 0.15) is 5.59 Å². The van der Waals surface area contributed by atoms with Gasteiger partial charge in [0.15, 0.2) is 11.5 Å². The van der Waals surface area contributed by atoms with Crippen LogP contribution in [0.5, 0.6) is 17.2 Å². The lowest BCUT2D eigenvalue weighted by Crippen LogP contribution is -2.34. The molecule has 0 aliphatic carbocycles. The highest BCUT2D eigenvalue weighted by atomic mass is 16.5. The molecule has 0 fully saturated rings. The van der Waals surface area contributed by atoms with Crippen LogP contribution in [0.2, 0.25) is 0 Å². The van der Waals surface area contributed by atoms with E-state index in [2.05, 4.69) is 4.98 Å². The van der Waals surface area contributed by atoms with Crippen LogP contribution in [0.1, 0.15) is 40.0 Å². The third-order valence-corrected chi connectivity index (χ3v) is 2.59. The molecule has 0 aliphatic heterocycles. The Bertz CT molecular complexity index is 428. The van der Waals surface area contributed by atoms with Crippen LogP contribution >= 0.6 is 0 Å². The molecule has 0 aromatic carbocycles. The lowest BCUT2D eigenvalue weighted by molar-refractivity contribution is 0.242. The van der Waals surface area contributed by atoms with Crippen molar-refractivity contribution in [2.45, 2.75) is 40.0 Å². The molecule has 1 aromatic rings. The quantitative estimate of drug-likeness (QED) is 0.630. The second kappa shape index (κ2) is 9.47. The summed E-state index contributed by atoms with van der Waals surface area (Å²) in [6, 6.07) is 0. The molecule has 0 aliphatic rings. The zero-order valence-corrected chi connectivity index (χ0v) is 13.0. The third-order valence-electron chi connectivity index (χ3n) is 2.59. The maximum Gasteiger partial charge on any atom is 0.512 e. The molecule has 1 aromatic heterocycles. The van der Waals surface area contributed by atoms with E-state index >= 15 is 0 Å². The van der Waals surface area contributed by atoms with E-state index in [1.807, 2.05) is 20.8 Å². The van der Waals surface area contributed by atoms with Crippen molar-refractivity contribution >= 4 is 12.7 Å². The van der Waals surface area contributed by atoms with Crippen LogP contribution in [0, 0.1) is 0 Å². The summed E-state index contributed by atoms with van der Waals surface area (Å²) in [6.07, 6.45) is 3.89. The molecule has 21 heavy (non-hydrogen) atoms. The summed E-state index contributed by atoms with van der Waals surface area (Å²) >= 11 is 0. The van der Waals surface area contributed by atoms with E-state index in [0.29, 0.717) is 31.3 Å². The van der Waals surface area contributed by atoms with E-state index < -0.39 is 7.12 Å². The molecule has 0 unspecified atom stereocenters. The Labute approximate surface area is 126 Å². The highest BCUT2D eigenvalue weighted by Crippen LogP contribution is 2.35. The Kier molecular flexibility index (Phi) is 7.93. The molecule has 6 nitrogen and oxygen atoms in total. The number of hydrogen-bond acceptors (Lipinski definition) is 6. The van der Waals surface area contributed by atoms with Gasteiger partial charge in [-0.1, -0.05) is 20.8 Å². The Morgan fingerprint density at radius 1 is 0.905 bits per heavy atom. The number of nitrogens with zero attached hydrogens (tertiary/aromatic N) is 1. The highest BCUT2D eigenvalue weighted by Gasteiger charge is 2.26. The fraction of sp³-hybridized carbons (Fsp3) is 0.643. The first-order valence-electron chi connectivity index (χ1n) is 7.43. The largest absolute Gasteiger partial charge is 0.512 e. The van der Waals surface area contributed by atoms with E-state index in [1.165, 1.54) is 6.20 Å². The minimum absolute atomic E-state index is 0.0402. The van der Waals surface area contributed by atoms with Gasteiger partial charge in [0.25, 0.3) is 0 Å². The number of rotatable bonds is 10. The maximum absolute atomic E-state index is 9.44. The third kappa shape index (κ3) is 5.10. The molecular formula is C14H24BNO5. The zero-order chi connectivity index (χ0) is 15.7. The normalized spacial score (nSPS) is 10.3. The molecule has 1 rings (SSSR count). The summed E-state index contributed by atoms with van der Waals surface area (Å²) in [5, 5.41) is 18.9. The fourth-order valence-corrected chi connectivity index (χ4v) is 1.66. The summed E-state index contributed by atoms with van der Waals surface area (Å²) in [5.74, 6) is 1.09. The number of aromatic nitrogens is 1.